The minimum absolute atomic E-state index is 0.0131. The van der Waals surface area contributed by atoms with Gasteiger partial charge in [0.25, 0.3) is 5.91 Å². The molecule has 1 unspecified atom stereocenters. The molecule has 8 heteroatoms. The molecule has 0 saturated carbocycles. The van der Waals surface area contributed by atoms with Crippen LogP contribution in [0.1, 0.15) is 40.2 Å². The van der Waals surface area contributed by atoms with Crippen molar-refractivity contribution in [2.24, 2.45) is 0 Å². The topological polar surface area (TPSA) is 97.0 Å². The molecule has 0 fully saturated rings. The normalized spacial score (nSPS) is 15.4. The molecule has 4 aromatic rings. The van der Waals surface area contributed by atoms with Gasteiger partial charge in [0.2, 0.25) is 5.78 Å². The van der Waals surface area contributed by atoms with E-state index in [2.05, 4.69) is 0 Å². The Kier molecular flexibility index (Phi) is 6.78. The van der Waals surface area contributed by atoms with Gasteiger partial charge in [0.15, 0.2) is 11.5 Å². The van der Waals surface area contributed by atoms with Crippen molar-refractivity contribution in [1.82, 2.24) is 0 Å². The molecule has 0 radical (unpaired) electrons. The van der Waals surface area contributed by atoms with Crippen LogP contribution in [0.5, 0.6) is 0 Å². The van der Waals surface area contributed by atoms with Crippen LogP contribution in [0, 0.1) is 6.92 Å². The van der Waals surface area contributed by atoms with Crippen molar-refractivity contribution in [2.45, 2.75) is 26.3 Å². The maximum atomic E-state index is 13.8. The van der Waals surface area contributed by atoms with Crippen LogP contribution in [0.15, 0.2) is 88.5 Å². The third-order valence-corrected chi connectivity index (χ3v) is 6.62. The van der Waals surface area contributed by atoms with Crippen LogP contribution >= 0.6 is 11.6 Å². The molecule has 38 heavy (non-hydrogen) atoms. The van der Waals surface area contributed by atoms with E-state index in [1.54, 1.807) is 61.5 Å². The average Bonchev–Trinajstić information content (AvgIpc) is 3.43. The molecule has 192 valence electrons. The molecular formula is C30H24ClNO6. The second-order valence-electron chi connectivity index (χ2n) is 9.02. The summed E-state index contributed by atoms with van der Waals surface area (Å²) < 4.78 is 10.8. The summed E-state index contributed by atoms with van der Waals surface area (Å²) in [5.74, 6) is -2.32. The summed E-state index contributed by atoms with van der Waals surface area (Å²) in [4.78, 5) is 40.4. The summed E-state index contributed by atoms with van der Waals surface area (Å²) >= 11 is 6.08. The van der Waals surface area contributed by atoms with Crippen LogP contribution in [-0.2, 0) is 20.7 Å². The van der Waals surface area contributed by atoms with E-state index in [0.29, 0.717) is 32.8 Å². The fourth-order valence-electron chi connectivity index (χ4n) is 4.67. The van der Waals surface area contributed by atoms with E-state index in [0.717, 1.165) is 5.56 Å². The van der Waals surface area contributed by atoms with Gasteiger partial charge in [-0.05, 0) is 61.4 Å². The molecule has 0 saturated heterocycles. The number of hydrogen-bond donors (Lipinski definition) is 1. The van der Waals surface area contributed by atoms with Crippen LogP contribution in [0.25, 0.3) is 11.0 Å². The maximum Gasteiger partial charge on any atom is 0.310 e. The quantitative estimate of drug-likeness (QED) is 0.223. The van der Waals surface area contributed by atoms with E-state index in [-0.39, 0.29) is 30.3 Å². The summed E-state index contributed by atoms with van der Waals surface area (Å²) in [5.41, 5.74) is 3.13. The average molecular weight is 530 g/mol. The molecule has 5 rings (SSSR count). The number of halogens is 1. The molecule has 1 atom stereocenters. The molecule has 0 aliphatic carbocycles. The number of amides is 1. The zero-order chi connectivity index (χ0) is 27.0. The predicted molar refractivity (Wildman–Crippen MR) is 143 cm³/mol. The minimum Gasteiger partial charge on any atom is -0.503 e. The van der Waals surface area contributed by atoms with Crippen LogP contribution < -0.4 is 4.90 Å². The van der Waals surface area contributed by atoms with Crippen molar-refractivity contribution in [1.29, 1.82) is 0 Å². The van der Waals surface area contributed by atoms with Gasteiger partial charge in [0.05, 0.1) is 24.6 Å². The standard InChI is InChI=1S/C30H24ClNO6/c1-3-37-25(33)14-18-7-10-22(11-8-18)32-27(19-6-4-5-17(2)13-19)26(29(35)30(32)36)28(34)24-16-20-15-21(31)9-12-23(20)38-24/h4-13,15-16,27,35H,3,14H2,1-2H3. The first-order valence-corrected chi connectivity index (χ1v) is 12.5. The molecule has 3 aromatic carbocycles. The molecule has 0 spiro atoms. The minimum atomic E-state index is -0.900. The third kappa shape index (κ3) is 4.68. The second kappa shape index (κ2) is 10.2. The van der Waals surface area contributed by atoms with Crippen LogP contribution in [0.2, 0.25) is 5.02 Å². The van der Waals surface area contributed by atoms with Crippen molar-refractivity contribution >= 4 is 45.9 Å². The lowest BCUT2D eigenvalue weighted by atomic mass is 9.93. The fourth-order valence-corrected chi connectivity index (χ4v) is 4.85. The number of esters is 1. The molecule has 7 nitrogen and oxygen atoms in total. The van der Waals surface area contributed by atoms with Gasteiger partial charge in [-0.15, -0.1) is 0 Å². The van der Waals surface area contributed by atoms with Crippen LogP contribution in [-0.4, -0.2) is 29.4 Å². The van der Waals surface area contributed by atoms with Crippen LogP contribution in [0.3, 0.4) is 0 Å². The van der Waals surface area contributed by atoms with E-state index in [1.165, 1.54) is 4.90 Å². The highest BCUT2D eigenvalue weighted by Gasteiger charge is 2.45. The van der Waals surface area contributed by atoms with Crippen LogP contribution in [0.4, 0.5) is 5.69 Å². The molecule has 2 heterocycles. The number of aryl methyl sites for hydroxylation is 1. The Morgan fingerprint density at radius 1 is 1.05 bits per heavy atom. The second-order valence-corrected chi connectivity index (χ2v) is 9.46. The number of ketones is 1. The molecule has 1 aliphatic heterocycles. The van der Waals surface area contributed by atoms with Crippen molar-refractivity contribution in [3.05, 3.63) is 112 Å². The molecule has 1 aliphatic rings. The number of anilines is 1. The van der Waals surface area contributed by atoms with E-state index in [1.807, 2.05) is 25.1 Å². The monoisotopic (exact) mass is 529 g/mol. The van der Waals surface area contributed by atoms with Gasteiger partial charge >= 0.3 is 5.97 Å². The first-order chi connectivity index (χ1) is 18.3. The summed E-state index contributed by atoms with van der Waals surface area (Å²) in [6, 6.07) is 19.8. The summed E-state index contributed by atoms with van der Waals surface area (Å²) in [7, 11) is 0. The number of nitrogens with zero attached hydrogens (tertiary/aromatic N) is 1. The third-order valence-electron chi connectivity index (χ3n) is 6.38. The zero-order valence-corrected chi connectivity index (χ0v) is 21.5. The first-order valence-electron chi connectivity index (χ1n) is 12.1. The Morgan fingerprint density at radius 2 is 1.82 bits per heavy atom. The lowest BCUT2D eigenvalue weighted by Gasteiger charge is -2.27. The predicted octanol–water partition coefficient (Wildman–Crippen LogP) is 6.28. The molecule has 1 N–H and O–H groups in total. The number of aliphatic hydroxyl groups excluding tert-OH is 1. The number of ether oxygens (including phenoxy) is 1. The van der Waals surface area contributed by atoms with Gasteiger partial charge in [0, 0.05) is 16.1 Å². The lowest BCUT2D eigenvalue weighted by molar-refractivity contribution is -0.142. The largest absolute Gasteiger partial charge is 0.503 e. The highest BCUT2D eigenvalue weighted by atomic mass is 35.5. The maximum absolute atomic E-state index is 13.8. The summed E-state index contributed by atoms with van der Waals surface area (Å²) in [5, 5.41) is 12.1. The van der Waals surface area contributed by atoms with Crippen molar-refractivity contribution < 1.29 is 28.6 Å². The molecular weight excluding hydrogens is 506 g/mol. The zero-order valence-electron chi connectivity index (χ0n) is 20.7. The number of rotatable bonds is 7. The number of Topliss-reactive ketones (excluding diaryl/α,β-unsaturated/α-hetero) is 1. The van der Waals surface area contributed by atoms with E-state index in [9.17, 15) is 19.5 Å². The summed E-state index contributed by atoms with van der Waals surface area (Å²) in [6.07, 6.45) is 0.0900. The lowest BCUT2D eigenvalue weighted by Crippen LogP contribution is -2.31. The number of fused-ring (bicyclic) bond motifs is 1. The number of furan rings is 1. The Balaban J connectivity index is 1.56. The van der Waals surface area contributed by atoms with Gasteiger partial charge in [-0.2, -0.15) is 0 Å². The Bertz CT molecular complexity index is 1600. The van der Waals surface area contributed by atoms with Crippen molar-refractivity contribution in [3.63, 3.8) is 0 Å². The Morgan fingerprint density at radius 3 is 2.53 bits per heavy atom. The first kappa shape index (κ1) is 25.3. The molecule has 1 aromatic heterocycles. The Hall–Kier alpha value is -4.36. The smallest absolute Gasteiger partial charge is 0.310 e. The highest BCUT2D eigenvalue weighted by molar-refractivity contribution is 6.31. The number of carbonyl (C=O) groups is 3. The fraction of sp³-hybridized carbons (Fsp3) is 0.167. The number of aliphatic hydroxyl groups is 1. The SMILES string of the molecule is CCOC(=O)Cc1ccc(N2C(=O)C(O)=C(C(=O)c3cc4cc(Cl)ccc4o3)C2c2cccc(C)c2)cc1. The summed E-state index contributed by atoms with van der Waals surface area (Å²) in [6.45, 7) is 3.94. The number of benzene rings is 3. The van der Waals surface area contributed by atoms with Gasteiger partial charge in [-0.1, -0.05) is 53.6 Å². The number of hydrogen-bond acceptors (Lipinski definition) is 6. The van der Waals surface area contributed by atoms with Gasteiger partial charge in [-0.3, -0.25) is 19.3 Å². The van der Waals surface area contributed by atoms with Crippen molar-refractivity contribution in [2.75, 3.05) is 11.5 Å². The molecule has 1 amide bonds. The van der Waals surface area contributed by atoms with Crippen molar-refractivity contribution in [3.8, 4) is 0 Å². The van der Waals surface area contributed by atoms with E-state index < -0.39 is 23.5 Å². The Labute approximate surface area is 223 Å². The van der Waals surface area contributed by atoms with Gasteiger partial charge in [-0.25, -0.2) is 0 Å². The van der Waals surface area contributed by atoms with E-state index >= 15 is 0 Å². The van der Waals surface area contributed by atoms with Gasteiger partial charge < -0.3 is 14.3 Å². The van der Waals surface area contributed by atoms with Gasteiger partial charge in [0.1, 0.15) is 5.58 Å². The highest BCUT2D eigenvalue weighted by Crippen LogP contribution is 2.42. The number of carbonyl (C=O) groups excluding carboxylic acids is 3. The van der Waals surface area contributed by atoms with E-state index in [4.69, 9.17) is 20.8 Å². The molecule has 0 bridgehead atoms.